The Hall–Kier alpha value is -3.04. The van der Waals surface area contributed by atoms with Gasteiger partial charge < -0.3 is 20.3 Å². The maximum absolute atomic E-state index is 9.78. The van der Waals surface area contributed by atoms with Gasteiger partial charge in [0.05, 0.1) is 16.0 Å². The lowest BCUT2D eigenvalue weighted by molar-refractivity contribution is 0.306. The molecule has 8 heteroatoms. The third kappa shape index (κ3) is 4.11. The first kappa shape index (κ1) is 21.2. The number of hydrogen-bond acceptors (Lipinski definition) is 5. The van der Waals surface area contributed by atoms with Crippen LogP contribution in [-0.2, 0) is 6.61 Å². The Kier molecular flexibility index (Phi) is 5.88. The summed E-state index contributed by atoms with van der Waals surface area (Å²) in [7, 11) is 0. The summed E-state index contributed by atoms with van der Waals surface area (Å²) in [6.45, 7) is 0.189. The van der Waals surface area contributed by atoms with Crippen molar-refractivity contribution >= 4 is 34.8 Å². The van der Waals surface area contributed by atoms with Crippen LogP contribution in [0.1, 0.15) is 22.6 Å². The number of benzene rings is 3. The number of aromatic hydroxyl groups is 1. The highest BCUT2D eigenvalue weighted by Crippen LogP contribution is 2.46. The molecule has 3 aromatic rings. The van der Waals surface area contributed by atoms with Crippen LogP contribution in [0.25, 0.3) is 0 Å². The van der Waals surface area contributed by atoms with Gasteiger partial charge in [0.15, 0.2) is 5.75 Å². The second-order valence-corrected chi connectivity index (χ2v) is 8.06. The van der Waals surface area contributed by atoms with Crippen molar-refractivity contribution < 1.29 is 14.6 Å². The fraction of sp³-hybridized carbons (Fsp3) is 0.0870. The molecule has 0 spiro atoms. The highest BCUT2D eigenvalue weighted by molar-refractivity contribution is 6.37. The lowest BCUT2D eigenvalue weighted by Gasteiger charge is -2.27. The van der Waals surface area contributed by atoms with Gasteiger partial charge in [-0.1, -0.05) is 59.1 Å². The maximum Gasteiger partial charge on any atom is 0.205 e. The zero-order valence-corrected chi connectivity index (χ0v) is 18.2. The third-order valence-corrected chi connectivity index (χ3v) is 5.82. The maximum atomic E-state index is 9.78. The number of nitriles is 1. The first-order valence-electron chi connectivity index (χ1n) is 9.14. The van der Waals surface area contributed by atoms with Gasteiger partial charge in [-0.25, -0.2) is 0 Å². The molecule has 0 aromatic heterocycles. The van der Waals surface area contributed by atoms with Crippen molar-refractivity contribution in [3.05, 3.63) is 97.8 Å². The van der Waals surface area contributed by atoms with Crippen molar-refractivity contribution in [3.8, 4) is 23.3 Å². The van der Waals surface area contributed by atoms with Gasteiger partial charge in [-0.2, -0.15) is 5.26 Å². The molecule has 3 N–H and O–H groups in total. The number of phenols is 1. The molecule has 31 heavy (non-hydrogen) atoms. The van der Waals surface area contributed by atoms with Gasteiger partial charge >= 0.3 is 0 Å². The lowest BCUT2D eigenvalue weighted by atomic mass is 9.83. The van der Waals surface area contributed by atoms with Gasteiger partial charge in [-0.3, -0.25) is 0 Å². The molecule has 0 fully saturated rings. The quantitative estimate of drug-likeness (QED) is 0.474. The monoisotopic (exact) mass is 472 g/mol. The number of hydrogen-bond donors (Lipinski definition) is 2. The normalized spacial score (nSPS) is 15.1. The van der Waals surface area contributed by atoms with Crippen LogP contribution in [0.2, 0.25) is 15.1 Å². The highest BCUT2D eigenvalue weighted by atomic mass is 35.5. The van der Waals surface area contributed by atoms with Gasteiger partial charge in [0.25, 0.3) is 0 Å². The predicted molar refractivity (Wildman–Crippen MR) is 120 cm³/mol. The van der Waals surface area contributed by atoms with E-state index in [0.717, 1.165) is 5.56 Å². The fourth-order valence-electron chi connectivity index (χ4n) is 3.44. The van der Waals surface area contributed by atoms with E-state index >= 15 is 0 Å². The van der Waals surface area contributed by atoms with Crippen LogP contribution in [-0.4, -0.2) is 5.11 Å². The van der Waals surface area contributed by atoms with Crippen LogP contribution >= 0.6 is 34.8 Å². The van der Waals surface area contributed by atoms with Gasteiger partial charge in [0, 0.05) is 22.2 Å². The van der Waals surface area contributed by atoms with E-state index < -0.39 is 5.92 Å². The van der Waals surface area contributed by atoms with E-state index in [-0.39, 0.29) is 33.9 Å². The molecule has 0 radical (unpaired) electrons. The van der Waals surface area contributed by atoms with Crippen molar-refractivity contribution in [1.82, 2.24) is 0 Å². The van der Waals surface area contributed by atoms with Gasteiger partial charge in [0.2, 0.25) is 5.88 Å². The van der Waals surface area contributed by atoms with Crippen LogP contribution in [0.4, 0.5) is 0 Å². The summed E-state index contributed by atoms with van der Waals surface area (Å²) >= 11 is 19.2. The Bertz CT molecular complexity index is 1230. The zero-order chi connectivity index (χ0) is 22.1. The largest absolute Gasteiger partial charge is 0.508 e. The van der Waals surface area contributed by atoms with Crippen LogP contribution in [0.15, 0.2) is 66.1 Å². The molecular formula is C23H15Cl3N2O3. The van der Waals surface area contributed by atoms with E-state index in [2.05, 4.69) is 6.07 Å². The number of halogens is 3. The smallest absolute Gasteiger partial charge is 0.205 e. The lowest BCUT2D eigenvalue weighted by Crippen LogP contribution is -2.21. The van der Waals surface area contributed by atoms with Crippen molar-refractivity contribution in [2.75, 3.05) is 0 Å². The molecule has 3 aromatic carbocycles. The Morgan fingerprint density at radius 2 is 1.74 bits per heavy atom. The van der Waals surface area contributed by atoms with E-state index in [1.165, 1.54) is 12.1 Å². The minimum absolute atomic E-state index is 0.0186. The number of fused-ring (bicyclic) bond motifs is 1. The molecule has 0 saturated heterocycles. The standard InChI is InChI=1S/C23H15Cl3N2O3/c24-17-4-2-1-3-12(17)11-30-22-18(25)7-13(8-19(22)26)21-15-6-5-14(29)9-20(15)31-23(28)16(21)10-27/h1-9,21,29H,11,28H2/t21-/m1/s1. The Morgan fingerprint density at radius 1 is 1.03 bits per heavy atom. The van der Waals surface area contributed by atoms with Crippen LogP contribution < -0.4 is 15.2 Å². The number of ether oxygens (including phenoxy) is 2. The molecule has 5 nitrogen and oxygen atoms in total. The first-order chi connectivity index (χ1) is 14.9. The molecule has 156 valence electrons. The van der Waals surface area contributed by atoms with Crippen molar-refractivity contribution in [1.29, 1.82) is 5.26 Å². The molecule has 0 aliphatic carbocycles. The molecule has 0 bridgehead atoms. The van der Waals surface area contributed by atoms with Gasteiger partial charge in [-0.15, -0.1) is 0 Å². The SMILES string of the molecule is N#CC1=C(N)Oc2cc(O)ccc2[C@H]1c1cc(Cl)c(OCc2ccccc2Cl)c(Cl)c1. The van der Waals surface area contributed by atoms with Gasteiger partial charge in [0.1, 0.15) is 29.7 Å². The first-order valence-corrected chi connectivity index (χ1v) is 10.3. The fourth-order valence-corrected chi connectivity index (χ4v) is 4.24. The molecule has 1 atom stereocenters. The molecule has 4 rings (SSSR count). The Morgan fingerprint density at radius 3 is 2.42 bits per heavy atom. The van der Waals surface area contributed by atoms with E-state index in [4.69, 9.17) is 50.0 Å². The zero-order valence-electron chi connectivity index (χ0n) is 15.9. The average Bonchev–Trinajstić information content (AvgIpc) is 2.73. The molecule has 1 aliphatic rings. The summed E-state index contributed by atoms with van der Waals surface area (Å²) in [6.07, 6.45) is 0. The van der Waals surface area contributed by atoms with Crippen LogP contribution in [0.3, 0.4) is 0 Å². The topological polar surface area (TPSA) is 88.5 Å². The minimum atomic E-state index is -0.568. The van der Waals surface area contributed by atoms with E-state index in [9.17, 15) is 10.4 Å². The Labute approximate surface area is 193 Å². The molecule has 0 amide bonds. The number of rotatable bonds is 4. The Balaban J connectivity index is 1.72. The number of nitrogens with zero attached hydrogens (tertiary/aromatic N) is 1. The minimum Gasteiger partial charge on any atom is -0.508 e. The van der Waals surface area contributed by atoms with Crippen molar-refractivity contribution in [3.63, 3.8) is 0 Å². The van der Waals surface area contributed by atoms with E-state index in [1.54, 1.807) is 24.3 Å². The summed E-state index contributed by atoms with van der Waals surface area (Å²) in [5.74, 6) is 0.0668. The summed E-state index contributed by atoms with van der Waals surface area (Å²) < 4.78 is 11.4. The average molecular weight is 474 g/mol. The summed E-state index contributed by atoms with van der Waals surface area (Å²) in [5, 5.41) is 20.6. The second kappa shape index (κ2) is 8.60. The number of phenolic OH excluding ortho intramolecular Hbond substituents is 1. The van der Waals surface area contributed by atoms with Crippen molar-refractivity contribution in [2.45, 2.75) is 12.5 Å². The summed E-state index contributed by atoms with van der Waals surface area (Å²) in [4.78, 5) is 0. The van der Waals surface area contributed by atoms with Crippen LogP contribution in [0, 0.1) is 11.3 Å². The molecule has 1 aliphatic heterocycles. The summed E-state index contributed by atoms with van der Waals surface area (Å²) in [6, 6.07) is 17.4. The molecule has 0 unspecified atom stereocenters. The van der Waals surface area contributed by atoms with Gasteiger partial charge in [-0.05, 0) is 29.8 Å². The van der Waals surface area contributed by atoms with E-state index in [1.807, 2.05) is 18.2 Å². The number of nitrogens with two attached hydrogens (primary N) is 1. The molecular weight excluding hydrogens is 459 g/mol. The second-order valence-electron chi connectivity index (χ2n) is 6.84. The molecule has 1 heterocycles. The third-order valence-electron chi connectivity index (χ3n) is 4.89. The predicted octanol–water partition coefficient (Wildman–Crippen LogP) is 6.15. The summed E-state index contributed by atoms with van der Waals surface area (Å²) in [5.41, 5.74) is 8.26. The van der Waals surface area contributed by atoms with E-state index in [0.29, 0.717) is 27.6 Å². The van der Waals surface area contributed by atoms with Crippen molar-refractivity contribution in [2.24, 2.45) is 5.73 Å². The highest BCUT2D eigenvalue weighted by Gasteiger charge is 2.32. The number of allylic oxidation sites excluding steroid dienone is 1. The molecule has 0 saturated carbocycles. The van der Waals surface area contributed by atoms with Crippen LogP contribution in [0.5, 0.6) is 17.2 Å².